The van der Waals surface area contributed by atoms with E-state index in [1.165, 1.54) is 25.7 Å². The molecule has 0 unspecified atom stereocenters. The molecule has 0 atom stereocenters. The van der Waals surface area contributed by atoms with Gasteiger partial charge in [0.1, 0.15) is 0 Å². The molecule has 2 fully saturated rings. The van der Waals surface area contributed by atoms with Gasteiger partial charge in [-0.05, 0) is 12.8 Å². The molecule has 1 aliphatic carbocycles. The van der Waals surface area contributed by atoms with Crippen LogP contribution in [-0.4, -0.2) is 48.9 Å². The summed E-state index contributed by atoms with van der Waals surface area (Å²) in [7, 11) is 0. The van der Waals surface area contributed by atoms with Crippen LogP contribution in [0.4, 0.5) is 0 Å². The van der Waals surface area contributed by atoms with Gasteiger partial charge in [0.05, 0.1) is 13.1 Å². The zero-order chi connectivity index (χ0) is 11.4. The molecule has 2 N–H and O–H groups in total. The molecule has 0 aromatic rings. The highest BCUT2D eigenvalue weighted by molar-refractivity contribution is 5.86. The van der Waals surface area contributed by atoms with Gasteiger partial charge in [-0.1, -0.05) is 12.8 Å². The summed E-state index contributed by atoms with van der Waals surface area (Å²) >= 11 is 0. The van der Waals surface area contributed by atoms with Crippen LogP contribution in [0.2, 0.25) is 0 Å². The number of carbonyl (C=O) groups excluding carboxylic acids is 2. The first-order chi connectivity index (χ1) is 7.75. The smallest absolute Gasteiger partial charge is 0.239 e. The third-order valence-electron chi connectivity index (χ3n) is 3.29. The quantitative estimate of drug-likeness (QED) is 0.679. The Morgan fingerprint density at radius 2 is 2.19 bits per heavy atom. The standard InChI is InChI=1S/C11H19N3O2/c15-10-8-14(6-5-12-10)11(16)7-13-9-3-1-2-4-9/h9,13H,1-8H2,(H,12,15). The van der Waals surface area contributed by atoms with Crippen LogP contribution >= 0.6 is 0 Å². The van der Waals surface area contributed by atoms with Gasteiger partial charge < -0.3 is 15.5 Å². The van der Waals surface area contributed by atoms with Crippen LogP contribution in [0.1, 0.15) is 25.7 Å². The van der Waals surface area contributed by atoms with Crippen molar-refractivity contribution in [2.24, 2.45) is 0 Å². The van der Waals surface area contributed by atoms with Gasteiger partial charge in [-0.25, -0.2) is 0 Å². The average Bonchev–Trinajstić information content (AvgIpc) is 2.78. The van der Waals surface area contributed by atoms with E-state index in [2.05, 4.69) is 10.6 Å². The van der Waals surface area contributed by atoms with Crippen LogP contribution in [0, 0.1) is 0 Å². The van der Waals surface area contributed by atoms with Gasteiger partial charge in [-0.3, -0.25) is 9.59 Å². The van der Waals surface area contributed by atoms with E-state index < -0.39 is 0 Å². The van der Waals surface area contributed by atoms with Crippen molar-refractivity contribution >= 4 is 11.8 Å². The Morgan fingerprint density at radius 3 is 2.88 bits per heavy atom. The fourth-order valence-electron chi connectivity index (χ4n) is 2.32. The third kappa shape index (κ3) is 2.95. The molecule has 2 aliphatic rings. The van der Waals surface area contributed by atoms with Gasteiger partial charge in [0, 0.05) is 19.1 Å². The van der Waals surface area contributed by atoms with Gasteiger partial charge in [0.2, 0.25) is 11.8 Å². The van der Waals surface area contributed by atoms with Crippen molar-refractivity contribution in [3.05, 3.63) is 0 Å². The van der Waals surface area contributed by atoms with Crippen LogP contribution < -0.4 is 10.6 Å². The highest BCUT2D eigenvalue weighted by Crippen LogP contribution is 2.17. The van der Waals surface area contributed by atoms with E-state index in [0.717, 1.165) is 0 Å². The van der Waals surface area contributed by atoms with Crippen molar-refractivity contribution in [2.75, 3.05) is 26.2 Å². The lowest BCUT2D eigenvalue weighted by Gasteiger charge is -2.27. The van der Waals surface area contributed by atoms with Crippen LogP contribution in [0.3, 0.4) is 0 Å². The number of nitrogens with one attached hydrogen (secondary N) is 2. The monoisotopic (exact) mass is 225 g/mol. The highest BCUT2D eigenvalue weighted by atomic mass is 16.2. The van der Waals surface area contributed by atoms with E-state index in [0.29, 0.717) is 25.7 Å². The molecule has 0 aromatic heterocycles. The van der Waals surface area contributed by atoms with E-state index in [9.17, 15) is 9.59 Å². The first kappa shape index (κ1) is 11.4. The minimum atomic E-state index is -0.0551. The second kappa shape index (κ2) is 5.30. The molecule has 1 aliphatic heterocycles. The lowest BCUT2D eigenvalue weighted by Crippen LogP contribution is -2.52. The lowest BCUT2D eigenvalue weighted by atomic mass is 10.2. The number of amides is 2. The Labute approximate surface area is 95.6 Å². The molecule has 1 saturated carbocycles. The van der Waals surface area contributed by atoms with E-state index >= 15 is 0 Å². The maximum absolute atomic E-state index is 11.8. The van der Waals surface area contributed by atoms with Crippen LogP contribution in [0.5, 0.6) is 0 Å². The first-order valence-corrected chi connectivity index (χ1v) is 6.03. The Balaban J connectivity index is 1.72. The largest absolute Gasteiger partial charge is 0.353 e. The van der Waals surface area contributed by atoms with Crippen LogP contribution in [-0.2, 0) is 9.59 Å². The summed E-state index contributed by atoms with van der Waals surface area (Å²) in [4.78, 5) is 24.5. The molecule has 0 radical (unpaired) electrons. The van der Waals surface area contributed by atoms with Crippen molar-refractivity contribution in [2.45, 2.75) is 31.7 Å². The highest BCUT2D eigenvalue weighted by Gasteiger charge is 2.22. The number of hydrogen-bond donors (Lipinski definition) is 2. The zero-order valence-corrected chi connectivity index (χ0v) is 9.50. The van der Waals surface area contributed by atoms with Crippen molar-refractivity contribution in [3.8, 4) is 0 Å². The summed E-state index contributed by atoms with van der Waals surface area (Å²) in [6.45, 7) is 1.80. The molecule has 2 amide bonds. The maximum atomic E-state index is 11.8. The van der Waals surface area contributed by atoms with E-state index in [-0.39, 0.29) is 18.4 Å². The zero-order valence-electron chi connectivity index (χ0n) is 9.50. The minimum Gasteiger partial charge on any atom is -0.353 e. The van der Waals surface area contributed by atoms with Gasteiger partial charge >= 0.3 is 0 Å². The number of rotatable bonds is 3. The number of carbonyl (C=O) groups is 2. The lowest BCUT2D eigenvalue weighted by molar-refractivity contribution is -0.137. The van der Waals surface area contributed by atoms with E-state index in [1.54, 1.807) is 4.90 Å². The second-order valence-corrected chi connectivity index (χ2v) is 4.53. The molecule has 0 spiro atoms. The average molecular weight is 225 g/mol. The molecule has 5 nitrogen and oxygen atoms in total. The molecular formula is C11H19N3O2. The third-order valence-corrected chi connectivity index (χ3v) is 3.29. The molecule has 16 heavy (non-hydrogen) atoms. The SMILES string of the molecule is O=C1CN(C(=O)CNC2CCCC2)CCN1. The summed E-state index contributed by atoms with van der Waals surface area (Å²) in [6, 6.07) is 0.502. The van der Waals surface area contributed by atoms with Crippen molar-refractivity contribution < 1.29 is 9.59 Å². The van der Waals surface area contributed by atoms with Gasteiger partial charge in [-0.15, -0.1) is 0 Å². The summed E-state index contributed by atoms with van der Waals surface area (Å²) in [5, 5.41) is 5.98. The fourth-order valence-corrected chi connectivity index (χ4v) is 2.32. The van der Waals surface area contributed by atoms with Crippen molar-refractivity contribution in [1.29, 1.82) is 0 Å². The Kier molecular flexibility index (Phi) is 3.77. The van der Waals surface area contributed by atoms with Crippen LogP contribution in [0.15, 0.2) is 0 Å². The van der Waals surface area contributed by atoms with Gasteiger partial charge in [-0.2, -0.15) is 0 Å². The predicted molar refractivity (Wildman–Crippen MR) is 59.8 cm³/mol. The topological polar surface area (TPSA) is 61.4 Å². The Bertz CT molecular complexity index is 274. The summed E-state index contributed by atoms with van der Waals surface area (Å²) in [5.41, 5.74) is 0. The number of piperazine rings is 1. The molecule has 5 heteroatoms. The normalized spacial score (nSPS) is 22.2. The van der Waals surface area contributed by atoms with E-state index in [4.69, 9.17) is 0 Å². The predicted octanol–water partition coefficient (Wildman–Crippen LogP) is -0.523. The van der Waals surface area contributed by atoms with Crippen LogP contribution in [0.25, 0.3) is 0 Å². The molecule has 0 aromatic carbocycles. The van der Waals surface area contributed by atoms with Crippen molar-refractivity contribution in [1.82, 2.24) is 15.5 Å². The molecule has 90 valence electrons. The summed E-state index contributed by atoms with van der Waals surface area (Å²) in [6.07, 6.45) is 4.87. The summed E-state index contributed by atoms with van der Waals surface area (Å²) in [5.74, 6) is -0.0118. The second-order valence-electron chi connectivity index (χ2n) is 4.53. The molecular weight excluding hydrogens is 206 g/mol. The fraction of sp³-hybridized carbons (Fsp3) is 0.818. The number of nitrogens with zero attached hydrogens (tertiary/aromatic N) is 1. The molecule has 2 rings (SSSR count). The maximum Gasteiger partial charge on any atom is 0.239 e. The Hall–Kier alpha value is -1.10. The number of hydrogen-bond acceptors (Lipinski definition) is 3. The minimum absolute atomic E-state index is 0.0433. The van der Waals surface area contributed by atoms with Crippen molar-refractivity contribution in [3.63, 3.8) is 0 Å². The Morgan fingerprint density at radius 1 is 1.44 bits per heavy atom. The molecule has 1 heterocycles. The molecule has 0 bridgehead atoms. The first-order valence-electron chi connectivity index (χ1n) is 6.03. The summed E-state index contributed by atoms with van der Waals surface area (Å²) < 4.78 is 0. The van der Waals surface area contributed by atoms with Gasteiger partial charge in [0.15, 0.2) is 0 Å². The van der Waals surface area contributed by atoms with Gasteiger partial charge in [0.25, 0.3) is 0 Å². The molecule has 1 saturated heterocycles. The van der Waals surface area contributed by atoms with E-state index in [1.807, 2.05) is 0 Å².